The van der Waals surface area contributed by atoms with Crippen molar-refractivity contribution in [3.05, 3.63) is 64.7 Å². The van der Waals surface area contributed by atoms with E-state index in [-0.39, 0.29) is 0 Å². The maximum Gasteiger partial charge on any atom is 0.208 e. The average molecular weight is 422 g/mol. The van der Waals surface area contributed by atoms with Crippen LogP contribution in [0.1, 0.15) is 23.1 Å². The quantitative estimate of drug-likeness (QED) is 0.462. The van der Waals surface area contributed by atoms with E-state index in [4.69, 9.17) is 0 Å². The molecule has 30 heavy (non-hydrogen) atoms. The van der Waals surface area contributed by atoms with Crippen LogP contribution in [0.3, 0.4) is 0 Å². The normalized spacial score (nSPS) is 11.1. The molecule has 0 fully saturated rings. The Morgan fingerprint density at radius 3 is 2.23 bits per heavy atom. The molecule has 1 aromatic heterocycles. The average Bonchev–Trinajstić information content (AvgIpc) is 3.26. The molecular weight excluding hydrogens is 390 g/mol. The van der Waals surface area contributed by atoms with Crippen LogP contribution in [-0.4, -0.2) is 45.4 Å². The fourth-order valence-corrected chi connectivity index (χ4v) is 3.89. The number of benzene rings is 2. The Morgan fingerprint density at radius 2 is 1.67 bits per heavy atom. The Hall–Kier alpha value is -2.86. The van der Waals surface area contributed by atoms with E-state index in [1.807, 2.05) is 18.6 Å². The van der Waals surface area contributed by atoms with Crippen molar-refractivity contribution >= 4 is 39.7 Å². The summed E-state index contributed by atoms with van der Waals surface area (Å²) in [6.45, 7) is 6.29. The minimum absolute atomic E-state index is 0.788. The van der Waals surface area contributed by atoms with Crippen molar-refractivity contribution in [2.45, 2.75) is 20.3 Å². The first-order valence-electron chi connectivity index (χ1n) is 10.2. The number of aromatic nitrogens is 1. The van der Waals surface area contributed by atoms with Crippen LogP contribution in [0.25, 0.3) is 0 Å². The third kappa shape index (κ3) is 5.60. The highest BCUT2D eigenvalue weighted by Crippen LogP contribution is 2.22. The molecule has 6 heteroatoms. The maximum atomic E-state index is 4.45. The van der Waals surface area contributed by atoms with E-state index in [2.05, 4.69) is 89.4 Å². The molecule has 3 rings (SSSR count). The van der Waals surface area contributed by atoms with Gasteiger partial charge < -0.3 is 15.1 Å². The molecule has 0 aliphatic heterocycles. The van der Waals surface area contributed by atoms with Gasteiger partial charge in [0.1, 0.15) is 0 Å². The molecule has 0 atom stereocenters. The van der Waals surface area contributed by atoms with Crippen molar-refractivity contribution in [1.29, 1.82) is 0 Å². The Balaban J connectivity index is 1.53. The van der Waals surface area contributed by atoms with Gasteiger partial charge in [0, 0.05) is 69.1 Å². The van der Waals surface area contributed by atoms with Gasteiger partial charge in [0.15, 0.2) is 0 Å². The number of anilines is 3. The lowest BCUT2D eigenvalue weighted by Gasteiger charge is -2.24. The van der Waals surface area contributed by atoms with Crippen LogP contribution >= 0.6 is 11.3 Å². The SMILES string of the molecule is CNc1ccc(N(C)CCCN(C)c2ccc(C=Nc3nccs3)c(C)c2)cc1C. The Labute approximate surface area is 184 Å². The fraction of sp³-hybridized carbons (Fsp3) is 0.333. The van der Waals surface area contributed by atoms with Crippen molar-refractivity contribution in [3.63, 3.8) is 0 Å². The van der Waals surface area contributed by atoms with Crippen LogP contribution in [-0.2, 0) is 0 Å². The van der Waals surface area contributed by atoms with Crippen LogP contribution in [0.15, 0.2) is 53.0 Å². The minimum atomic E-state index is 0.788. The van der Waals surface area contributed by atoms with Gasteiger partial charge in [-0.1, -0.05) is 6.07 Å². The minimum Gasteiger partial charge on any atom is -0.388 e. The molecule has 0 amide bonds. The summed E-state index contributed by atoms with van der Waals surface area (Å²) in [4.78, 5) is 13.3. The summed E-state index contributed by atoms with van der Waals surface area (Å²) in [6.07, 6.45) is 4.76. The van der Waals surface area contributed by atoms with Gasteiger partial charge in [-0.2, -0.15) is 0 Å². The van der Waals surface area contributed by atoms with Gasteiger partial charge in [-0.15, -0.1) is 11.3 Å². The first-order valence-corrected chi connectivity index (χ1v) is 11.1. The molecule has 0 unspecified atom stereocenters. The van der Waals surface area contributed by atoms with Crippen LogP contribution in [0.4, 0.5) is 22.2 Å². The van der Waals surface area contributed by atoms with E-state index in [1.165, 1.54) is 28.2 Å². The molecule has 158 valence electrons. The van der Waals surface area contributed by atoms with Gasteiger partial charge in [-0.3, -0.25) is 0 Å². The lowest BCUT2D eigenvalue weighted by Crippen LogP contribution is -2.25. The summed E-state index contributed by atoms with van der Waals surface area (Å²) in [5.74, 6) is 0. The summed E-state index contributed by atoms with van der Waals surface area (Å²) in [6, 6.07) is 13.1. The first-order chi connectivity index (χ1) is 14.5. The molecule has 0 aliphatic carbocycles. The predicted molar refractivity (Wildman–Crippen MR) is 132 cm³/mol. The van der Waals surface area contributed by atoms with Crippen molar-refractivity contribution < 1.29 is 0 Å². The van der Waals surface area contributed by atoms with Gasteiger partial charge >= 0.3 is 0 Å². The van der Waals surface area contributed by atoms with Crippen LogP contribution in [0.5, 0.6) is 0 Å². The molecule has 5 nitrogen and oxygen atoms in total. The number of rotatable bonds is 9. The van der Waals surface area contributed by atoms with Gasteiger partial charge in [0.25, 0.3) is 0 Å². The molecule has 1 heterocycles. The summed E-state index contributed by atoms with van der Waals surface area (Å²) in [5.41, 5.74) is 7.29. The number of aryl methyl sites for hydroxylation is 2. The second-order valence-electron chi connectivity index (χ2n) is 7.56. The molecule has 0 saturated carbocycles. The topological polar surface area (TPSA) is 43.8 Å². The van der Waals surface area contributed by atoms with Gasteiger partial charge in [0.05, 0.1) is 0 Å². The summed E-state index contributed by atoms with van der Waals surface area (Å²) in [5, 5.41) is 5.95. The molecule has 3 aromatic rings. The Bertz CT molecular complexity index is 981. The first kappa shape index (κ1) is 21.8. The molecule has 0 saturated heterocycles. The highest BCUT2D eigenvalue weighted by molar-refractivity contribution is 7.13. The molecule has 0 radical (unpaired) electrons. The highest BCUT2D eigenvalue weighted by atomic mass is 32.1. The third-order valence-corrected chi connectivity index (χ3v) is 6.01. The molecule has 2 aromatic carbocycles. The maximum absolute atomic E-state index is 4.45. The van der Waals surface area contributed by atoms with Crippen molar-refractivity contribution in [3.8, 4) is 0 Å². The van der Waals surface area contributed by atoms with Crippen LogP contribution in [0, 0.1) is 13.8 Å². The summed E-state index contributed by atoms with van der Waals surface area (Å²) >= 11 is 1.54. The number of aliphatic imine (C=N–C) groups is 1. The number of hydrogen-bond donors (Lipinski definition) is 1. The molecular formula is C24H31N5S. The number of hydrogen-bond acceptors (Lipinski definition) is 6. The summed E-state index contributed by atoms with van der Waals surface area (Å²) in [7, 11) is 6.28. The fourth-order valence-electron chi connectivity index (χ4n) is 3.42. The molecule has 0 spiro atoms. The Kier molecular flexibility index (Phi) is 7.46. The zero-order chi connectivity index (χ0) is 21.5. The zero-order valence-electron chi connectivity index (χ0n) is 18.5. The summed E-state index contributed by atoms with van der Waals surface area (Å²) < 4.78 is 0. The van der Waals surface area contributed by atoms with Crippen molar-refractivity contribution in [2.75, 3.05) is 49.3 Å². The van der Waals surface area contributed by atoms with E-state index >= 15 is 0 Å². The number of thiazole rings is 1. The third-order valence-electron chi connectivity index (χ3n) is 5.33. The number of nitrogens with one attached hydrogen (secondary N) is 1. The van der Waals surface area contributed by atoms with Gasteiger partial charge in [-0.05, 0) is 67.3 Å². The van der Waals surface area contributed by atoms with E-state index in [0.29, 0.717) is 0 Å². The largest absolute Gasteiger partial charge is 0.388 e. The Morgan fingerprint density at radius 1 is 1.00 bits per heavy atom. The monoisotopic (exact) mass is 421 g/mol. The molecule has 1 N–H and O–H groups in total. The van der Waals surface area contributed by atoms with E-state index in [9.17, 15) is 0 Å². The molecule has 0 aliphatic rings. The van der Waals surface area contributed by atoms with Gasteiger partial charge in [-0.25, -0.2) is 9.98 Å². The van der Waals surface area contributed by atoms with E-state index in [0.717, 1.165) is 30.2 Å². The van der Waals surface area contributed by atoms with Crippen LogP contribution in [0.2, 0.25) is 0 Å². The smallest absolute Gasteiger partial charge is 0.208 e. The highest BCUT2D eigenvalue weighted by Gasteiger charge is 2.07. The van der Waals surface area contributed by atoms with E-state index in [1.54, 1.807) is 17.5 Å². The van der Waals surface area contributed by atoms with Crippen molar-refractivity contribution in [2.24, 2.45) is 4.99 Å². The lowest BCUT2D eigenvalue weighted by molar-refractivity contribution is 0.762. The predicted octanol–water partition coefficient (Wildman–Crippen LogP) is 5.51. The molecule has 0 bridgehead atoms. The lowest BCUT2D eigenvalue weighted by atomic mass is 10.1. The van der Waals surface area contributed by atoms with Crippen LogP contribution < -0.4 is 15.1 Å². The second kappa shape index (κ2) is 10.3. The zero-order valence-corrected chi connectivity index (χ0v) is 19.3. The second-order valence-corrected chi connectivity index (χ2v) is 8.43. The van der Waals surface area contributed by atoms with Crippen molar-refractivity contribution in [1.82, 2.24) is 4.98 Å². The van der Waals surface area contributed by atoms with E-state index < -0.39 is 0 Å². The standard InChI is InChI=1S/C24H31N5S/c1-18-15-21(8-7-20(18)17-27-24-26-11-14-30-24)28(4)12-6-13-29(5)22-9-10-23(25-3)19(2)16-22/h7-11,14-17,25H,6,12-13H2,1-5H3. The van der Waals surface area contributed by atoms with Gasteiger partial charge in [0.2, 0.25) is 5.13 Å². The number of nitrogens with zero attached hydrogens (tertiary/aromatic N) is 4.